The number of amides is 1. The number of likely N-dealkylation sites (N-methyl/N-ethyl adjacent to an activating group) is 1. The Hall–Kier alpha value is -3.49. The quantitative estimate of drug-likeness (QED) is 0.681. The van der Waals surface area contributed by atoms with E-state index >= 15 is 0 Å². The van der Waals surface area contributed by atoms with Crippen LogP contribution < -0.4 is 10.1 Å². The molecule has 9 heteroatoms. The molecule has 2 aromatic carbocycles. The lowest BCUT2D eigenvalue weighted by atomic mass is 10.1. The largest absolute Gasteiger partial charge is 0.505 e. The van der Waals surface area contributed by atoms with E-state index in [9.17, 15) is 27.9 Å². The number of phenols is 1. The zero-order chi connectivity index (χ0) is 21.3. The highest BCUT2D eigenvalue weighted by Gasteiger charge is 2.23. The zero-order valence-corrected chi connectivity index (χ0v) is 15.5. The van der Waals surface area contributed by atoms with Crippen LogP contribution in [0.4, 0.5) is 13.2 Å². The van der Waals surface area contributed by atoms with E-state index in [-0.39, 0.29) is 29.2 Å². The predicted octanol–water partition coefficient (Wildman–Crippen LogP) is 3.37. The molecule has 0 unspecified atom stereocenters. The van der Waals surface area contributed by atoms with E-state index in [0.29, 0.717) is 16.6 Å². The molecule has 6 nitrogen and oxygen atoms in total. The number of alkyl halides is 2. The van der Waals surface area contributed by atoms with Crippen molar-refractivity contribution in [3.63, 3.8) is 0 Å². The number of aromatic hydroxyl groups is 1. The summed E-state index contributed by atoms with van der Waals surface area (Å²) in [6, 6.07) is 7.23. The Morgan fingerprint density at radius 1 is 1.21 bits per heavy atom. The van der Waals surface area contributed by atoms with Crippen LogP contribution in [0, 0.1) is 12.7 Å². The normalized spacial score (nSPS) is 11.1. The number of carbonyl (C=O) groups excluding carboxylic acids is 2. The van der Waals surface area contributed by atoms with Crippen molar-refractivity contribution in [1.82, 2.24) is 9.88 Å². The maximum absolute atomic E-state index is 14.0. The number of nitrogens with zero attached hydrogens (tertiary/aromatic N) is 1. The fourth-order valence-electron chi connectivity index (χ4n) is 3.13. The van der Waals surface area contributed by atoms with Crippen molar-refractivity contribution in [2.45, 2.75) is 20.0 Å². The summed E-state index contributed by atoms with van der Waals surface area (Å²) in [7, 11) is 1.46. The number of hydrogen-bond acceptors (Lipinski definition) is 4. The molecule has 0 bridgehead atoms. The molecular weight excluding hydrogens is 389 g/mol. The van der Waals surface area contributed by atoms with Crippen molar-refractivity contribution < 1.29 is 32.6 Å². The highest BCUT2D eigenvalue weighted by molar-refractivity contribution is 6.05. The van der Waals surface area contributed by atoms with Gasteiger partial charge in [0, 0.05) is 29.8 Å². The van der Waals surface area contributed by atoms with Gasteiger partial charge >= 0.3 is 6.61 Å². The molecule has 1 heterocycles. The summed E-state index contributed by atoms with van der Waals surface area (Å²) in [6.07, 6.45) is -0.0780. The monoisotopic (exact) mass is 406 g/mol. The van der Waals surface area contributed by atoms with E-state index in [4.69, 9.17) is 0 Å². The maximum Gasteiger partial charge on any atom is 0.387 e. The third-order valence-electron chi connectivity index (χ3n) is 4.55. The first-order chi connectivity index (χ1) is 13.7. The first-order valence-electron chi connectivity index (χ1n) is 8.55. The molecule has 3 aromatic rings. The van der Waals surface area contributed by atoms with Gasteiger partial charge in [-0.3, -0.25) is 14.2 Å². The van der Waals surface area contributed by atoms with Crippen molar-refractivity contribution in [2.75, 3.05) is 7.05 Å². The molecule has 1 amide bonds. The second-order valence-electron chi connectivity index (χ2n) is 6.28. The lowest BCUT2D eigenvalue weighted by Gasteiger charge is -2.09. The maximum atomic E-state index is 14.0. The molecule has 2 N–H and O–H groups in total. The average molecular weight is 406 g/mol. The summed E-state index contributed by atoms with van der Waals surface area (Å²) < 4.78 is 44.1. The molecule has 0 aliphatic carbocycles. The number of nitrogens with one attached hydrogen (secondary N) is 1. The van der Waals surface area contributed by atoms with Crippen LogP contribution in [-0.2, 0) is 11.2 Å². The van der Waals surface area contributed by atoms with Crippen molar-refractivity contribution in [2.24, 2.45) is 0 Å². The Kier molecular flexibility index (Phi) is 5.49. The van der Waals surface area contributed by atoms with E-state index < -0.39 is 24.1 Å². The lowest BCUT2D eigenvalue weighted by Crippen LogP contribution is -2.20. The molecule has 0 aliphatic rings. The number of phenolic OH excluding ortho intramolecular Hbond substituents is 1. The number of benzene rings is 2. The number of halogens is 3. The molecule has 0 saturated heterocycles. The lowest BCUT2D eigenvalue weighted by molar-refractivity contribution is -0.119. The van der Waals surface area contributed by atoms with Crippen molar-refractivity contribution >= 4 is 22.7 Å². The van der Waals surface area contributed by atoms with E-state index in [1.54, 1.807) is 6.92 Å². The zero-order valence-electron chi connectivity index (χ0n) is 15.5. The first kappa shape index (κ1) is 20.2. The SMILES string of the molecule is CNC(=O)Cc1c(C)n(C(=O)c2ccc(OC(F)F)cc2)c2cc(F)c(O)cc12. The first-order valence-corrected chi connectivity index (χ1v) is 8.55. The Morgan fingerprint density at radius 2 is 1.86 bits per heavy atom. The summed E-state index contributed by atoms with van der Waals surface area (Å²) in [5.41, 5.74) is 1.17. The molecule has 0 saturated carbocycles. The minimum atomic E-state index is -2.99. The van der Waals surface area contributed by atoms with Crippen LogP contribution in [-0.4, -0.2) is 35.1 Å². The minimum absolute atomic E-state index is 0.0780. The molecule has 3 rings (SSSR count). The van der Waals surface area contributed by atoms with Crippen LogP contribution in [0.3, 0.4) is 0 Å². The summed E-state index contributed by atoms with van der Waals surface area (Å²) in [6.45, 7) is -1.39. The van der Waals surface area contributed by atoms with Gasteiger partial charge in [-0.1, -0.05) is 0 Å². The topological polar surface area (TPSA) is 80.6 Å². The smallest absolute Gasteiger partial charge is 0.387 e. The molecule has 0 fully saturated rings. The Bertz CT molecular complexity index is 1090. The van der Waals surface area contributed by atoms with Crippen LogP contribution in [0.2, 0.25) is 0 Å². The minimum Gasteiger partial charge on any atom is -0.505 e. The fraction of sp³-hybridized carbons (Fsp3) is 0.200. The van der Waals surface area contributed by atoms with Crippen LogP contribution in [0.1, 0.15) is 21.6 Å². The summed E-state index contributed by atoms with van der Waals surface area (Å²) >= 11 is 0. The summed E-state index contributed by atoms with van der Waals surface area (Å²) in [5, 5.41) is 12.6. The molecule has 0 radical (unpaired) electrons. The molecule has 0 aliphatic heterocycles. The second-order valence-corrected chi connectivity index (χ2v) is 6.28. The number of fused-ring (bicyclic) bond motifs is 1. The molecule has 0 spiro atoms. The van der Waals surface area contributed by atoms with Crippen LogP contribution in [0.25, 0.3) is 10.9 Å². The van der Waals surface area contributed by atoms with Gasteiger partial charge in [0.2, 0.25) is 5.91 Å². The van der Waals surface area contributed by atoms with Crippen LogP contribution in [0.15, 0.2) is 36.4 Å². The number of carbonyl (C=O) groups is 2. The summed E-state index contributed by atoms with van der Waals surface area (Å²) in [5.74, 6) is -2.51. The second kappa shape index (κ2) is 7.86. The van der Waals surface area contributed by atoms with E-state index in [1.165, 1.54) is 41.9 Å². The van der Waals surface area contributed by atoms with Crippen LogP contribution in [0.5, 0.6) is 11.5 Å². The van der Waals surface area contributed by atoms with Gasteiger partial charge in [-0.2, -0.15) is 8.78 Å². The van der Waals surface area contributed by atoms with Gasteiger partial charge in [-0.15, -0.1) is 0 Å². The predicted molar refractivity (Wildman–Crippen MR) is 98.9 cm³/mol. The van der Waals surface area contributed by atoms with Crippen molar-refractivity contribution in [1.29, 1.82) is 0 Å². The summed E-state index contributed by atoms with van der Waals surface area (Å²) in [4.78, 5) is 25.0. The molecule has 29 heavy (non-hydrogen) atoms. The number of hydrogen-bond donors (Lipinski definition) is 2. The number of ether oxygens (including phenoxy) is 1. The fourth-order valence-corrected chi connectivity index (χ4v) is 3.13. The van der Waals surface area contributed by atoms with Gasteiger partial charge < -0.3 is 15.2 Å². The van der Waals surface area contributed by atoms with Gasteiger partial charge in [-0.25, -0.2) is 4.39 Å². The van der Waals surface area contributed by atoms with E-state index in [2.05, 4.69) is 10.1 Å². The van der Waals surface area contributed by atoms with Gasteiger partial charge in [0.25, 0.3) is 5.91 Å². The molecular formula is C20H17F3N2O4. The Balaban J connectivity index is 2.12. The van der Waals surface area contributed by atoms with Gasteiger partial charge in [0.15, 0.2) is 11.6 Å². The number of rotatable bonds is 5. The Labute approximate surface area is 163 Å². The van der Waals surface area contributed by atoms with Crippen LogP contribution >= 0.6 is 0 Å². The number of aromatic nitrogens is 1. The van der Waals surface area contributed by atoms with E-state index in [0.717, 1.165) is 6.07 Å². The van der Waals surface area contributed by atoms with Gasteiger partial charge in [0.05, 0.1) is 11.9 Å². The van der Waals surface area contributed by atoms with Crippen molar-refractivity contribution in [3.05, 3.63) is 59.0 Å². The van der Waals surface area contributed by atoms with Gasteiger partial charge in [0.1, 0.15) is 5.75 Å². The molecule has 0 atom stereocenters. The van der Waals surface area contributed by atoms with Crippen molar-refractivity contribution in [3.8, 4) is 11.5 Å². The molecule has 1 aromatic heterocycles. The highest BCUT2D eigenvalue weighted by atomic mass is 19.3. The Morgan fingerprint density at radius 3 is 2.45 bits per heavy atom. The highest BCUT2D eigenvalue weighted by Crippen LogP contribution is 2.32. The van der Waals surface area contributed by atoms with Gasteiger partial charge in [-0.05, 0) is 42.8 Å². The average Bonchev–Trinajstić information content (AvgIpc) is 2.92. The van der Waals surface area contributed by atoms with E-state index in [1.807, 2.05) is 0 Å². The third-order valence-corrected chi connectivity index (χ3v) is 4.55. The molecule has 152 valence electrons. The standard InChI is InChI=1S/C20H17F3N2O4/c1-10-13(8-18(27)24-2)14-7-17(26)15(21)9-16(14)25(10)19(28)11-3-5-12(6-4-11)29-20(22)23/h3-7,9,20,26H,8H2,1-2H3,(H,24,27). The third kappa shape index (κ3) is 3.89.